The lowest BCUT2D eigenvalue weighted by atomic mass is 9.93. The second kappa shape index (κ2) is 5.18. The zero-order chi connectivity index (χ0) is 8.74. The standard InChI is InChI=1S/C7H11F3O/c8-4-7(5-9,6-10)2-1-3-11/h1-2,11H,3-6H2/b2-1+. The molecule has 0 aromatic carbocycles. The molecule has 0 aliphatic carbocycles. The number of allylic oxidation sites excluding steroid dienone is 1. The van der Waals surface area contributed by atoms with Crippen LogP contribution >= 0.6 is 0 Å². The fraction of sp³-hybridized carbons (Fsp3) is 0.714. The van der Waals surface area contributed by atoms with Gasteiger partial charge in [0, 0.05) is 0 Å². The summed E-state index contributed by atoms with van der Waals surface area (Å²) in [6, 6.07) is 0. The third kappa shape index (κ3) is 2.93. The second-order valence-corrected chi connectivity index (χ2v) is 2.35. The summed E-state index contributed by atoms with van der Waals surface area (Å²) in [4.78, 5) is 0. The van der Waals surface area contributed by atoms with E-state index in [0.717, 1.165) is 12.2 Å². The minimum absolute atomic E-state index is 0.332. The van der Waals surface area contributed by atoms with E-state index in [4.69, 9.17) is 5.11 Å². The molecule has 0 unspecified atom stereocenters. The molecule has 0 aliphatic rings. The SMILES string of the molecule is OC/C=C/C(CF)(CF)CF. The van der Waals surface area contributed by atoms with Crippen molar-refractivity contribution in [3.05, 3.63) is 12.2 Å². The van der Waals surface area contributed by atoms with Crippen molar-refractivity contribution in [1.82, 2.24) is 0 Å². The molecular formula is C7H11F3O. The smallest absolute Gasteiger partial charge is 0.104 e. The molecule has 0 saturated carbocycles. The van der Waals surface area contributed by atoms with Gasteiger partial charge in [-0.15, -0.1) is 0 Å². The van der Waals surface area contributed by atoms with Gasteiger partial charge in [0.2, 0.25) is 0 Å². The quantitative estimate of drug-likeness (QED) is 0.616. The molecule has 0 aromatic heterocycles. The van der Waals surface area contributed by atoms with Gasteiger partial charge in [-0.3, -0.25) is 0 Å². The minimum Gasteiger partial charge on any atom is -0.392 e. The van der Waals surface area contributed by atoms with Crippen LogP contribution in [0.25, 0.3) is 0 Å². The van der Waals surface area contributed by atoms with Gasteiger partial charge < -0.3 is 5.11 Å². The highest BCUT2D eigenvalue weighted by Gasteiger charge is 2.27. The van der Waals surface area contributed by atoms with E-state index in [1.54, 1.807) is 0 Å². The lowest BCUT2D eigenvalue weighted by Crippen LogP contribution is -2.26. The Hall–Kier alpha value is -0.510. The Morgan fingerprint density at radius 1 is 1.09 bits per heavy atom. The summed E-state index contributed by atoms with van der Waals surface area (Å²) in [5.74, 6) is 0. The molecule has 0 bridgehead atoms. The summed E-state index contributed by atoms with van der Waals surface area (Å²) in [7, 11) is 0. The lowest BCUT2D eigenvalue weighted by Gasteiger charge is -2.18. The number of rotatable bonds is 5. The molecule has 0 spiro atoms. The number of aliphatic hydroxyl groups excluding tert-OH is 1. The van der Waals surface area contributed by atoms with Crippen molar-refractivity contribution < 1.29 is 18.3 Å². The number of hydrogen-bond acceptors (Lipinski definition) is 1. The molecule has 0 aliphatic heterocycles. The maximum atomic E-state index is 12.0. The van der Waals surface area contributed by atoms with Crippen LogP contribution in [-0.4, -0.2) is 31.7 Å². The number of halogens is 3. The Kier molecular flexibility index (Phi) is 4.94. The first-order valence-electron chi connectivity index (χ1n) is 3.21. The highest BCUT2D eigenvalue weighted by Crippen LogP contribution is 2.21. The zero-order valence-electron chi connectivity index (χ0n) is 6.06. The molecule has 11 heavy (non-hydrogen) atoms. The van der Waals surface area contributed by atoms with E-state index < -0.39 is 25.4 Å². The van der Waals surface area contributed by atoms with Gasteiger partial charge in [0.25, 0.3) is 0 Å². The molecule has 1 N–H and O–H groups in total. The minimum atomic E-state index is -1.66. The summed E-state index contributed by atoms with van der Waals surface area (Å²) in [6.07, 6.45) is 2.17. The molecule has 1 nitrogen and oxygen atoms in total. The summed E-state index contributed by atoms with van der Waals surface area (Å²) in [5.41, 5.74) is -1.66. The van der Waals surface area contributed by atoms with Crippen molar-refractivity contribution in [3.8, 4) is 0 Å². The van der Waals surface area contributed by atoms with E-state index in [2.05, 4.69) is 0 Å². The van der Waals surface area contributed by atoms with Gasteiger partial charge in [-0.1, -0.05) is 12.2 Å². The lowest BCUT2D eigenvalue weighted by molar-refractivity contribution is 0.162. The van der Waals surface area contributed by atoms with Crippen LogP contribution in [0.4, 0.5) is 13.2 Å². The van der Waals surface area contributed by atoms with Crippen LogP contribution in [0.3, 0.4) is 0 Å². The number of alkyl halides is 3. The van der Waals surface area contributed by atoms with E-state index in [9.17, 15) is 13.2 Å². The summed E-state index contributed by atoms with van der Waals surface area (Å²) < 4.78 is 36.1. The van der Waals surface area contributed by atoms with E-state index >= 15 is 0 Å². The van der Waals surface area contributed by atoms with Crippen molar-refractivity contribution in [2.24, 2.45) is 5.41 Å². The Morgan fingerprint density at radius 3 is 1.82 bits per heavy atom. The molecule has 0 rings (SSSR count). The topological polar surface area (TPSA) is 20.2 Å². The molecule has 4 heteroatoms. The average molecular weight is 168 g/mol. The Labute approximate surface area is 63.5 Å². The van der Waals surface area contributed by atoms with Crippen LogP contribution in [0, 0.1) is 5.41 Å². The van der Waals surface area contributed by atoms with Gasteiger partial charge in [0.15, 0.2) is 0 Å². The van der Waals surface area contributed by atoms with Crippen LogP contribution in [-0.2, 0) is 0 Å². The normalized spacial score (nSPS) is 12.7. The van der Waals surface area contributed by atoms with Crippen molar-refractivity contribution >= 4 is 0 Å². The van der Waals surface area contributed by atoms with Crippen molar-refractivity contribution in [2.45, 2.75) is 0 Å². The van der Waals surface area contributed by atoms with Gasteiger partial charge in [-0.05, 0) is 0 Å². The van der Waals surface area contributed by atoms with Crippen LogP contribution in [0.1, 0.15) is 0 Å². The first-order valence-corrected chi connectivity index (χ1v) is 3.21. The van der Waals surface area contributed by atoms with Gasteiger partial charge in [0.1, 0.15) is 20.0 Å². The molecule has 0 amide bonds. The Bertz CT molecular complexity index is 113. The van der Waals surface area contributed by atoms with Gasteiger partial charge >= 0.3 is 0 Å². The average Bonchev–Trinajstić information content (AvgIpc) is 2.08. The largest absolute Gasteiger partial charge is 0.392 e. The van der Waals surface area contributed by atoms with Gasteiger partial charge in [-0.25, -0.2) is 13.2 Å². The molecule has 0 fully saturated rings. The first kappa shape index (κ1) is 10.5. The van der Waals surface area contributed by atoms with Crippen molar-refractivity contribution in [2.75, 3.05) is 26.6 Å². The summed E-state index contributed by atoms with van der Waals surface area (Å²) >= 11 is 0. The third-order valence-corrected chi connectivity index (χ3v) is 1.38. The van der Waals surface area contributed by atoms with E-state index in [1.165, 1.54) is 0 Å². The number of aliphatic hydroxyl groups is 1. The van der Waals surface area contributed by atoms with Gasteiger partial charge in [0.05, 0.1) is 12.0 Å². The third-order valence-electron chi connectivity index (χ3n) is 1.38. The van der Waals surface area contributed by atoms with Crippen LogP contribution in [0.15, 0.2) is 12.2 Å². The maximum absolute atomic E-state index is 12.0. The fourth-order valence-electron chi connectivity index (χ4n) is 0.543. The zero-order valence-corrected chi connectivity index (χ0v) is 6.06. The summed E-state index contributed by atoms with van der Waals surface area (Å²) in [6.45, 7) is -3.59. The maximum Gasteiger partial charge on any atom is 0.104 e. The number of hydrogen-bond donors (Lipinski definition) is 1. The summed E-state index contributed by atoms with van der Waals surface area (Å²) in [5, 5.41) is 8.26. The molecule has 0 atom stereocenters. The van der Waals surface area contributed by atoms with E-state index in [-0.39, 0.29) is 6.61 Å². The second-order valence-electron chi connectivity index (χ2n) is 2.35. The van der Waals surface area contributed by atoms with Gasteiger partial charge in [-0.2, -0.15) is 0 Å². The molecule has 0 radical (unpaired) electrons. The Balaban J connectivity index is 4.16. The predicted octanol–water partition coefficient (Wildman–Crippen LogP) is 1.43. The molecule has 66 valence electrons. The van der Waals surface area contributed by atoms with Crippen molar-refractivity contribution in [3.63, 3.8) is 0 Å². The van der Waals surface area contributed by atoms with Crippen LogP contribution < -0.4 is 0 Å². The molecule has 0 aromatic rings. The molecule has 0 heterocycles. The molecule has 0 saturated heterocycles. The predicted molar refractivity (Wildman–Crippen MR) is 36.6 cm³/mol. The highest BCUT2D eigenvalue weighted by molar-refractivity contribution is 4.99. The van der Waals surface area contributed by atoms with Crippen LogP contribution in [0.2, 0.25) is 0 Å². The van der Waals surface area contributed by atoms with E-state index in [1.807, 2.05) is 0 Å². The van der Waals surface area contributed by atoms with E-state index in [0.29, 0.717) is 0 Å². The monoisotopic (exact) mass is 168 g/mol. The first-order chi connectivity index (χ1) is 5.24. The molecular weight excluding hydrogens is 157 g/mol. The highest BCUT2D eigenvalue weighted by atomic mass is 19.1. The Morgan fingerprint density at radius 2 is 1.55 bits per heavy atom. The fourth-order valence-corrected chi connectivity index (χ4v) is 0.543. The van der Waals surface area contributed by atoms with Crippen LogP contribution in [0.5, 0.6) is 0 Å². The van der Waals surface area contributed by atoms with Crippen molar-refractivity contribution in [1.29, 1.82) is 0 Å².